The number of aliphatic hydroxyl groups excluding tert-OH is 1. The van der Waals surface area contributed by atoms with E-state index in [1.165, 1.54) is 5.56 Å². The quantitative estimate of drug-likeness (QED) is 0.912. The molecule has 1 heterocycles. The molecule has 0 bridgehead atoms. The molecule has 0 saturated heterocycles. The van der Waals surface area contributed by atoms with E-state index in [2.05, 4.69) is 41.2 Å². The van der Waals surface area contributed by atoms with Crippen molar-refractivity contribution >= 4 is 0 Å². The maximum atomic E-state index is 9.46. The van der Waals surface area contributed by atoms with Crippen molar-refractivity contribution in [2.75, 3.05) is 6.61 Å². The van der Waals surface area contributed by atoms with Gasteiger partial charge in [0.15, 0.2) is 0 Å². The summed E-state index contributed by atoms with van der Waals surface area (Å²) in [6.45, 7) is 2.29. The van der Waals surface area contributed by atoms with Gasteiger partial charge in [-0.05, 0) is 30.9 Å². The fraction of sp³-hybridized carbons (Fsp3) is 0.375. The molecule has 0 atom stereocenters. The molecular weight excluding hydrogens is 236 g/mol. The summed E-state index contributed by atoms with van der Waals surface area (Å²) in [7, 11) is 0. The van der Waals surface area contributed by atoms with Crippen LogP contribution in [0.5, 0.6) is 0 Å². The van der Waals surface area contributed by atoms with Crippen molar-refractivity contribution in [3.05, 3.63) is 47.9 Å². The molecule has 3 heteroatoms. The predicted octanol–water partition coefficient (Wildman–Crippen LogP) is 2.73. The normalized spacial score (nSPS) is 16.3. The minimum Gasteiger partial charge on any atom is -0.395 e. The zero-order chi connectivity index (χ0) is 13.3. The van der Waals surface area contributed by atoms with E-state index >= 15 is 0 Å². The van der Waals surface area contributed by atoms with E-state index in [0.717, 1.165) is 36.3 Å². The van der Waals surface area contributed by atoms with Crippen molar-refractivity contribution in [3.8, 4) is 11.3 Å². The van der Waals surface area contributed by atoms with Crippen molar-refractivity contribution < 1.29 is 5.11 Å². The monoisotopic (exact) mass is 254 g/mol. The topological polar surface area (TPSA) is 46.0 Å². The lowest BCUT2D eigenvalue weighted by Gasteiger charge is -2.11. The molecule has 0 radical (unpaired) electrons. The van der Waals surface area contributed by atoms with Gasteiger partial charge in [-0.15, -0.1) is 0 Å². The Balaban J connectivity index is 1.94. The van der Waals surface area contributed by atoms with Crippen LogP contribution in [0, 0.1) is 0 Å². The number of nitrogens with zero attached hydrogens (tertiary/aromatic N) is 2. The molecule has 1 saturated carbocycles. The molecule has 1 aromatic heterocycles. The Morgan fingerprint density at radius 3 is 2.47 bits per heavy atom. The Hall–Kier alpha value is -1.74. The SMILES string of the molecule is CCc1ccc(-c2ccnc(C3(CO)CC3)n2)cc1. The van der Waals surface area contributed by atoms with Gasteiger partial charge in [-0.1, -0.05) is 31.2 Å². The first kappa shape index (κ1) is 12.3. The summed E-state index contributed by atoms with van der Waals surface area (Å²) in [5.41, 5.74) is 3.20. The smallest absolute Gasteiger partial charge is 0.137 e. The molecule has 19 heavy (non-hydrogen) atoms. The van der Waals surface area contributed by atoms with Crippen LogP contribution >= 0.6 is 0 Å². The molecule has 3 rings (SSSR count). The number of aliphatic hydroxyl groups is 1. The van der Waals surface area contributed by atoms with Crippen LogP contribution in [0.4, 0.5) is 0 Å². The first-order chi connectivity index (χ1) is 9.27. The third-order valence-electron chi connectivity index (χ3n) is 3.94. The van der Waals surface area contributed by atoms with Gasteiger partial charge in [0.2, 0.25) is 0 Å². The van der Waals surface area contributed by atoms with Gasteiger partial charge in [0, 0.05) is 11.8 Å². The number of hydrogen-bond acceptors (Lipinski definition) is 3. The first-order valence-corrected chi connectivity index (χ1v) is 6.81. The van der Waals surface area contributed by atoms with Crippen LogP contribution in [0.3, 0.4) is 0 Å². The van der Waals surface area contributed by atoms with E-state index in [9.17, 15) is 5.11 Å². The minimum atomic E-state index is -0.167. The lowest BCUT2D eigenvalue weighted by Crippen LogP contribution is -2.16. The third kappa shape index (κ3) is 2.26. The molecule has 1 aliphatic rings. The number of benzene rings is 1. The Morgan fingerprint density at radius 2 is 1.89 bits per heavy atom. The van der Waals surface area contributed by atoms with Crippen LogP contribution in [0.1, 0.15) is 31.2 Å². The average Bonchev–Trinajstić information content (AvgIpc) is 3.29. The summed E-state index contributed by atoms with van der Waals surface area (Å²) in [4.78, 5) is 8.96. The van der Waals surface area contributed by atoms with Gasteiger partial charge in [0.1, 0.15) is 5.82 Å². The van der Waals surface area contributed by atoms with Gasteiger partial charge in [0.25, 0.3) is 0 Å². The van der Waals surface area contributed by atoms with Crippen LogP contribution in [-0.2, 0) is 11.8 Å². The molecule has 0 spiro atoms. The molecule has 1 N–H and O–H groups in total. The van der Waals surface area contributed by atoms with E-state index < -0.39 is 0 Å². The van der Waals surface area contributed by atoms with Gasteiger partial charge < -0.3 is 5.11 Å². The second kappa shape index (κ2) is 4.74. The van der Waals surface area contributed by atoms with E-state index in [1.807, 2.05) is 6.07 Å². The van der Waals surface area contributed by atoms with E-state index in [-0.39, 0.29) is 12.0 Å². The maximum absolute atomic E-state index is 9.46. The summed E-state index contributed by atoms with van der Waals surface area (Å²) in [6.07, 6.45) is 4.81. The van der Waals surface area contributed by atoms with Gasteiger partial charge in [-0.25, -0.2) is 9.97 Å². The van der Waals surface area contributed by atoms with Gasteiger partial charge in [-0.3, -0.25) is 0 Å². The lowest BCUT2D eigenvalue weighted by atomic mass is 10.1. The minimum absolute atomic E-state index is 0.144. The summed E-state index contributed by atoms with van der Waals surface area (Å²) in [5, 5.41) is 9.46. The number of rotatable bonds is 4. The molecule has 2 aromatic rings. The molecule has 98 valence electrons. The zero-order valence-electron chi connectivity index (χ0n) is 11.1. The molecule has 0 amide bonds. The molecular formula is C16H18N2O. The highest BCUT2D eigenvalue weighted by Crippen LogP contribution is 2.46. The third-order valence-corrected chi connectivity index (χ3v) is 3.94. The van der Waals surface area contributed by atoms with Crippen molar-refractivity contribution in [2.24, 2.45) is 0 Å². The van der Waals surface area contributed by atoms with Crippen LogP contribution in [0.15, 0.2) is 36.5 Å². The first-order valence-electron chi connectivity index (χ1n) is 6.81. The summed E-state index contributed by atoms with van der Waals surface area (Å²) in [6, 6.07) is 10.4. The fourth-order valence-corrected chi connectivity index (χ4v) is 2.29. The van der Waals surface area contributed by atoms with E-state index in [4.69, 9.17) is 0 Å². The fourth-order valence-electron chi connectivity index (χ4n) is 2.29. The molecule has 0 aliphatic heterocycles. The largest absolute Gasteiger partial charge is 0.395 e. The van der Waals surface area contributed by atoms with Gasteiger partial charge in [0.05, 0.1) is 17.7 Å². The summed E-state index contributed by atoms with van der Waals surface area (Å²) < 4.78 is 0. The van der Waals surface area contributed by atoms with Crippen LogP contribution in [0.2, 0.25) is 0 Å². The number of aryl methyl sites for hydroxylation is 1. The van der Waals surface area contributed by atoms with Crippen molar-refractivity contribution in [1.29, 1.82) is 0 Å². The van der Waals surface area contributed by atoms with Crippen molar-refractivity contribution in [3.63, 3.8) is 0 Å². The lowest BCUT2D eigenvalue weighted by molar-refractivity contribution is 0.250. The van der Waals surface area contributed by atoms with Crippen LogP contribution < -0.4 is 0 Å². The van der Waals surface area contributed by atoms with Crippen molar-refractivity contribution in [1.82, 2.24) is 9.97 Å². The Labute approximate surface area is 113 Å². The standard InChI is InChI=1S/C16H18N2O/c1-2-12-3-5-13(6-4-12)14-7-10-17-15(18-14)16(11-19)8-9-16/h3-7,10,19H,2,8-9,11H2,1H3. The van der Waals surface area contributed by atoms with Crippen LogP contribution in [0.25, 0.3) is 11.3 Å². The summed E-state index contributed by atoms with van der Waals surface area (Å²) in [5.74, 6) is 0.784. The highest BCUT2D eigenvalue weighted by molar-refractivity contribution is 5.59. The van der Waals surface area contributed by atoms with Gasteiger partial charge in [-0.2, -0.15) is 0 Å². The second-order valence-electron chi connectivity index (χ2n) is 5.25. The molecule has 3 nitrogen and oxygen atoms in total. The second-order valence-corrected chi connectivity index (χ2v) is 5.25. The number of aromatic nitrogens is 2. The highest BCUT2D eigenvalue weighted by atomic mass is 16.3. The Bertz CT molecular complexity index is 574. The molecule has 1 fully saturated rings. The average molecular weight is 254 g/mol. The Morgan fingerprint density at radius 1 is 1.16 bits per heavy atom. The highest BCUT2D eigenvalue weighted by Gasteiger charge is 2.46. The van der Waals surface area contributed by atoms with Gasteiger partial charge >= 0.3 is 0 Å². The number of hydrogen-bond donors (Lipinski definition) is 1. The Kier molecular flexibility index (Phi) is 3.07. The van der Waals surface area contributed by atoms with Crippen molar-refractivity contribution in [2.45, 2.75) is 31.6 Å². The van der Waals surface area contributed by atoms with Crippen LogP contribution in [-0.4, -0.2) is 21.7 Å². The maximum Gasteiger partial charge on any atom is 0.137 e. The predicted molar refractivity (Wildman–Crippen MR) is 74.8 cm³/mol. The summed E-state index contributed by atoms with van der Waals surface area (Å²) >= 11 is 0. The molecule has 0 unspecified atom stereocenters. The molecule has 1 aromatic carbocycles. The zero-order valence-corrected chi connectivity index (χ0v) is 11.1. The van der Waals surface area contributed by atoms with E-state index in [1.54, 1.807) is 6.20 Å². The van der Waals surface area contributed by atoms with E-state index in [0.29, 0.717) is 0 Å². The molecule has 1 aliphatic carbocycles.